The summed E-state index contributed by atoms with van der Waals surface area (Å²) in [6.45, 7) is 2.34. The van der Waals surface area contributed by atoms with Crippen molar-refractivity contribution >= 4 is 11.8 Å². The van der Waals surface area contributed by atoms with E-state index in [1.54, 1.807) is 7.11 Å². The van der Waals surface area contributed by atoms with Gasteiger partial charge in [0.1, 0.15) is 5.75 Å². The van der Waals surface area contributed by atoms with Crippen LogP contribution < -0.4 is 10.1 Å². The van der Waals surface area contributed by atoms with Crippen LogP contribution in [0.15, 0.2) is 24.3 Å². The van der Waals surface area contributed by atoms with E-state index in [0.29, 0.717) is 0 Å². The van der Waals surface area contributed by atoms with Gasteiger partial charge in [-0.15, -0.1) is 0 Å². The molecule has 16 heavy (non-hydrogen) atoms. The minimum absolute atomic E-state index is 0.811. The second kappa shape index (κ2) is 6.16. The lowest BCUT2D eigenvalue weighted by atomic mass is 10.2. The van der Waals surface area contributed by atoms with Gasteiger partial charge in [0.2, 0.25) is 0 Å². The molecule has 88 valence electrons. The third-order valence-electron chi connectivity index (χ3n) is 2.95. The number of benzene rings is 1. The minimum atomic E-state index is 0.811. The van der Waals surface area contributed by atoms with Gasteiger partial charge in [0.15, 0.2) is 0 Å². The Bertz CT molecular complexity index is 323. The van der Waals surface area contributed by atoms with E-state index >= 15 is 0 Å². The number of rotatable bonds is 4. The van der Waals surface area contributed by atoms with Gasteiger partial charge in [0.05, 0.1) is 7.11 Å². The molecule has 0 radical (unpaired) electrons. The van der Waals surface area contributed by atoms with Crippen LogP contribution in [0.5, 0.6) is 5.75 Å². The Labute approximate surface area is 102 Å². The second-order valence-electron chi connectivity index (χ2n) is 4.07. The number of nitrogens with one attached hydrogen (secondary N) is 1. The summed E-state index contributed by atoms with van der Waals surface area (Å²) < 4.78 is 5.36. The maximum absolute atomic E-state index is 5.36. The third-order valence-corrected chi connectivity index (χ3v) is 4.37. The van der Waals surface area contributed by atoms with Gasteiger partial charge in [-0.1, -0.05) is 18.2 Å². The van der Waals surface area contributed by atoms with Gasteiger partial charge in [-0.05, 0) is 32.0 Å². The molecule has 0 aromatic heterocycles. The molecule has 0 saturated carbocycles. The van der Waals surface area contributed by atoms with Gasteiger partial charge in [0, 0.05) is 16.6 Å². The Kier molecular flexibility index (Phi) is 4.55. The third kappa shape index (κ3) is 3.16. The van der Waals surface area contributed by atoms with E-state index in [4.69, 9.17) is 4.74 Å². The number of methoxy groups -OCH3 is 1. The maximum Gasteiger partial charge on any atom is 0.122 e. The second-order valence-corrected chi connectivity index (χ2v) is 5.36. The first-order chi connectivity index (χ1) is 7.90. The quantitative estimate of drug-likeness (QED) is 0.870. The summed E-state index contributed by atoms with van der Waals surface area (Å²) in [6, 6.07) is 8.31. The van der Waals surface area contributed by atoms with E-state index in [-0.39, 0.29) is 0 Å². The molecule has 1 saturated heterocycles. The van der Waals surface area contributed by atoms with Gasteiger partial charge in [-0.25, -0.2) is 0 Å². The van der Waals surface area contributed by atoms with Crippen molar-refractivity contribution in [2.24, 2.45) is 0 Å². The van der Waals surface area contributed by atoms with E-state index in [2.05, 4.69) is 29.2 Å². The summed E-state index contributed by atoms with van der Waals surface area (Å²) in [6.07, 6.45) is 2.58. The van der Waals surface area contributed by atoms with Crippen LogP contribution in [0.4, 0.5) is 0 Å². The van der Waals surface area contributed by atoms with Gasteiger partial charge < -0.3 is 10.1 Å². The molecule has 0 unspecified atom stereocenters. The van der Waals surface area contributed by atoms with E-state index in [1.807, 2.05) is 12.1 Å². The summed E-state index contributed by atoms with van der Waals surface area (Å²) in [5.74, 6) is 2.08. The largest absolute Gasteiger partial charge is 0.496 e. The van der Waals surface area contributed by atoms with Crippen LogP contribution in [0.3, 0.4) is 0 Å². The number of piperidine rings is 1. The van der Waals surface area contributed by atoms with Crippen LogP contribution >= 0.6 is 11.8 Å². The zero-order chi connectivity index (χ0) is 11.2. The van der Waals surface area contributed by atoms with E-state index in [1.165, 1.54) is 31.5 Å². The molecular formula is C13H19NOS. The number of thioether (sulfide) groups is 1. The zero-order valence-corrected chi connectivity index (χ0v) is 10.6. The van der Waals surface area contributed by atoms with Crippen molar-refractivity contribution in [3.05, 3.63) is 29.8 Å². The zero-order valence-electron chi connectivity index (χ0n) is 9.74. The lowest BCUT2D eigenvalue weighted by molar-refractivity contribution is 0.411. The molecule has 0 aliphatic carbocycles. The Morgan fingerprint density at radius 3 is 2.81 bits per heavy atom. The normalized spacial score (nSPS) is 17.3. The molecule has 0 atom stereocenters. The van der Waals surface area contributed by atoms with Crippen molar-refractivity contribution < 1.29 is 4.74 Å². The molecule has 1 N–H and O–H groups in total. The van der Waals surface area contributed by atoms with Crippen molar-refractivity contribution in [2.45, 2.75) is 23.8 Å². The topological polar surface area (TPSA) is 21.3 Å². The van der Waals surface area contributed by atoms with Crippen molar-refractivity contribution in [2.75, 3.05) is 20.2 Å². The highest BCUT2D eigenvalue weighted by atomic mass is 32.2. The van der Waals surface area contributed by atoms with Crippen LogP contribution in [-0.2, 0) is 5.75 Å². The highest BCUT2D eigenvalue weighted by Gasteiger charge is 2.13. The molecule has 1 aromatic rings. The Morgan fingerprint density at radius 1 is 1.31 bits per heavy atom. The first kappa shape index (κ1) is 11.8. The van der Waals surface area contributed by atoms with Crippen molar-refractivity contribution in [3.8, 4) is 5.75 Å². The van der Waals surface area contributed by atoms with Crippen molar-refractivity contribution in [3.63, 3.8) is 0 Å². The fraction of sp³-hybridized carbons (Fsp3) is 0.538. The lowest BCUT2D eigenvalue weighted by Crippen LogP contribution is -2.29. The van der Waals surface area contributed by atoms with E-state index in [9.17, 15) is 0 Å². The summed E-state index contributed by atoms with van der Waals surface area (Å²) in [5, 5.41) is 4.21. The highest BCUT2D eigenvalue weighted by molar-refractivity contribution is 7.99. The molecule has 2 rings (SSSR count). The molecule has 1 heterocycles. The Morgan fingerprint density at radius 2 is 2.06 bits per heavy atom. The van der Waals surface area contributed by atoms with Crippen molar-refractivity contribution in [1.29, 1.82) is 0 Å². The predicted octanol–water partition coefficient (Wildman–Crippen LogP) is 2.68. The van der Waals surface area contributed by atoms with Crippen LogP contribution in [0, 0.1) is 0 Å². The molecule has 3 heteroatoms. The summed E-state index contributed by atoms with van der Waals surface area (Å²) in [4.78, 5) is 0. The molecule has 1 aliphatic heterocycles. The molecule has 1 fully saturated rings. The number of para-hydroxylation sites is 1. The van der Waals surface area contributed by atoms with E-state index < -0.39 is 0 Å². The molecule has 1 aliphatic rings. The predicted molar refractivity (Wildman–Crippen MR) is 70.2 cm³/mol. The monoisotopic (exact) mass is 237 g/mol. The Balaban J connectivity index is 1.88. The van der Waals surface area contributed by atoms with Crippen LogP contribution in [0.1, 0.15) is 18.4 Å². The fourth-order valence-corrected chi connectivity index (χ4v) is 3.21. The number of hydrogen-bond donors (Lipinski definition) is 1. The first-order valence-corrected chi connectivity index (χ1v) is 6.89. The Hall–Kier alpha value is -0.670. The summed E-state index contributed by atoms with van der Waals surface area (Å²) >= 11 is 2.06. The van der Waals surface area contributed by atoms with E-state index in [0.717, 1.165) is 16.8 Å². The number of ether oxygens (including phenoxy) is 1. The highest BCUT2D eigenvalue weighted by Crippen LogP contribution is 2.28. The molecule has 0 amide bonds. The fourth-order valence-electron chi connectivity index (χ4n) is 1.99. The molecule has 0 bridgehead atoms. The average molecular weight is 237 g/mol. The molecule has 1 aromatic carbocycles. The smallest absolute Gasteiger partial charge is 0.122 e. The van der Waals surface area contributed by atoms with Gasteiger partial charge >= 0.3 is 0 Å². The van der Waals surface area contributed by atoms with Crippen LogP contribution in [-0.4, -0.2) is 25.4 Å². The number of hydrogen-bond acceptors (Lipinski definition) is 3. The van der Waals surface area contributed by atoms with Crippen molar-refractivity contribution in [1.82, 2.24) is 5.32 Å². The molecule has 2 nitrogen and oxygen atoms in total. The standard InChI is InChI=1S/C13H19NOS/c1-15-13-5-3-2-4-11(13)10-16-12-6-8-14-9-7-12/h2-5,12,14H,6-10H2,1H3. The maximum atomic E-state index is 5.36. The van der Waals surface area contributed by atoms with Gasteiger partial charge in [-0.3, -0.25) is 0 Å². The van der Waals surface area contributed by atoms with Crippen LogP contribution in [0.25, 0.3) is 0 Å². The summed E-state index contributed by atoms with van der Waals surface area (Å²) in [5.41, 5.74) is 1.31. The van der Waals surface area contributed by atoms with Gasteiger partial charge in [0.25, 0.3) is 0 Å². The molecule has 0 spiro atoms. The molecular weight excluding hydrogens is 218 g/mol. The first-order valence-electron chi connectivity index (χ1n) is 5.84. The van der Waals surface area contributed by atoms with Gasteiger partial charge in [-0.2, -0.15) is 11.8 Å². The summed E-state index contributed by atoms with van der Waals surface area (Å²) in [7, 11) is 1.74. The minimum Gasteiger partial charge on any atom is -0.496 e. The SMILES string of the molecule is COc1ccccc1CSC1CCNCC1. The average Bonchev–Trinajstić information content (AvgIpc) is 2.38. The lowest BCUT2D eigenvalue weighted by Gasteiger charge is -2.22. The van der Waals surface area contributed by atoms with Crippen LogP contribution in [0.2, 0.25) is 0 Å².